The Morgan fingerprint density at radius 1 is 0.581 bits per heavy atom. The van der Waals surface area contributed by atoms with Gasteiger partial charge in [-0.3, -0.25) is 4.98 Å². The summed E-state index contributed by atoms with van der Waals surface area (Å²) in [6.07, 6.45) is 9.64. The first-order valence-electron chi connectivity index (χ1n) is 14.5. The average Bonchev–Trinajstić information content (AvgIpc) is 3.08. The van der Waals surface area contributed by atoms with Gasteiger partial charge in [0, 0.05) is 32.5 Å². The molecule has 7 aromatic rings. The molecule has 0 N–H and O–H groups in total. The van der Waals surface area contributed by atoms with E-state index in [9.17, 15) is 0 Å². The second kappa shape index (κ2) is 11.6. The van der Waals surface area contributed by atoms with E-state index in [2.05, 4.69) is 88.8 Å². The molecule has 0 atom stereocenters. The summed E-state index contributed by atoms with van der Waals surface area (Å²) < 4.78 is 0. The molecule has 0 aliphatic heterocycles. The third-order valence-corrected chi connectivity index (χ3v) is 8.51. The molecule has 2 heterocycles. The predicted molar refractivity (Wildman–Crippen MR) is 170 cm³/mol. The van der Waals surface area contributed by atoms with Gasteiger partial charge < -0.3 is 4.98 Å². The zero-order chi connectivity index (χ0) is 27.9. The van der Waals surface area contributed by atoms with Gasteiger partial charge in [0.25, 0.3) is 0 Å². The van der Waals surface area contributed by atoms with Crippen LogP contribution in [-0.4, -0.2) is 15.0 Å². The summed E-state index contributed by atoms with van der Waals surface area (Å²) in [4.78, 5) is 12.8. The van der Waals surface area contributed by atoms with Crippen molar-refractivity contribution in [2.45, 2.75) is 25.7 Å². The maximum absolute atomic E-state index is 4.84. The van der Waals surface area contributed by atoms with Crippen molar-refractivity contribution in [3.05, 3.63) is 150 Å². The molecule has 43 heavy (non-hydrogen) atoms. The second-order valence-corrected chi connectivity index (χ2v) is 10.9. The minimum atomic E-state index is 0. The van der Waals surface area contributed by atoms with Gasteiger partial charge in [-0.05, 0) is 75.8 Å². The summed E-state index contributed by atoms with van der Waals surface area (Å²) in [5.41, 5.74) is 12.9. The Morgan fingerprint density at radius 3 is 2.26 bits per heavy atom. The van der Waals surface area contributed by atoms with Gasteiger partial charge in [0.05, 0.1) is 0 Å². The van der Waals surface area contributed by atoms with Gasteiger partial charge in [0.15, 0.2) is 0 Å². The second-order valence-electron chi connectivity index (χ2n) is 10.9. The van der Waals surface area contributed by atoms with Crippen molar-refractivity contribution in [2.24, 2.45) is 0 Å². The first kappa shape index (κ1) is 27.3. The molecule has 2 aliphatic carbocycles. The molecule has 5 aromatic carbocycles. The third kappa shape index (κ3) is 4.97. The van der Waals surface area contributed by atoms with Gasteiger partial charge in [-0.25, -0.2) is 4.98 Å². The molecule has 2 aliphatic rings. The van der Waals surface area contributed by atoms with E-state index in [1.54, 1.807) is 6.20 Å². The fraction of sp³-hybridized carbons (Fsp3) is 0.103. The third-order valence-electron chi connectivity index (χ3n) is 8.51. The van der Waals surface area contributed by atoms with Crippen LogP contribution in [0, 0.1) is 12.1 Å². The van der Waals surface area contributed by atoms with Crippen molar-refractivity contribution >= 4 is 21.5 Å². The van der Waals surface area contributed by atoms with Crippen LogP contribution in [0.5, 0.6) is 0 Å². The molecule has 0 bridgehead atoms. The van der Waals surface area contributed by atoms with Crippen LogP contribution in [0.2, 0.25) is 0 Å². The van der Waals surface area contributed by atoms with Crippen molar-refractivity contribution in [1.82, 2.24) is 15.0 Å². The molecule has 0 saturated heterocycles. The van der Waals surface area contributed by atoms with E-state index in [4.69, 9.17) is 4.98 Å². The van der Waals surface area contributed by atoms with E-state index in [0.717, 1.165) is 48.2 Å². The van der Waals surface area contributed by atoms with Crippen molar-refractivity contribution in [3.63, 3.8) is 0 Å². The van der Waals surface area contributed by atoms with Crippen LogP contribution in [0.25, 0.3) is 55.2 Å². The average molecular weight is 730 g/mol. The molecular formula is C39H27IrN3-2. The summed E-state index contributed by atoms with van der Waals surface area (Å²) >= 11 is 0. The molecule has 0 unspecified atom stereocenters. The molecule has 1 radical (unpaired) electrons. The maximum Gasteiger partial charge on any atom is 0.105 e. The number of rotatable bonds is 2. The number of pyridine rings is 1. The molecule has 0 amide bonds. The predicted octanol–water partition coefficient (Wildman–Crippen LogP) is 8.66. The van der Waals surface area contributed by atoms with E-state index < -0.39 is 0 Å². The van der Waals surface area contributed by atoms with Crippen LogP contribution < -0.4 is 0 Å². The molecule has 9 rings (SSSR count). The van der Waals surface area contributed by atoms with Crippen molar-refractivity contribution < 1.29 is 20.1 Å². The van der Waals surface area contributed by atoms with Crippen LogP contribution in [0.4, 0.5) is 0 Å². The van der Waals surface area contributed by atoms with Crippen LogP contribution in [0.15, 0.2) is 116 Å². The number of nitrogens with zero attached hydrogens (tertiary/aromatic N) is 3. The smallest absolute Gasteiger partial charge is 0.105 e. The van der Waals surface area contributed by atoms with Crippen molar-refractivity contribution in [2.75, 3.05) is 0 Å². The SMILES string of the molecule is [Ir].[c-]1c(-c2nccc3c2ccc2ccccc23)cc2c3c1CCc1cccc(c1-3)CC2.[c-]1ccccc1-c1ccncn1. The molecular weight excluding hydrogens is 703 g/mol. The Bertz CT molecular complexity index is 2000. The number of aryl methyl sites for hydroxylation is 4. The zero-order valence-electron chi connectivity index (χ0n) is 23.5. The van der Waals surface area contributed by atoms with E-state index in [-0.39, 0.29) is 20.1 Å². The number of fused-ring (bicyclic) bond motifs is 3. The van der Waals surface area contributed by atoms with Gasteiger partial charge >= 0.3 is 0 Å². The standard InChI is InChI=1S/C29H20N.C10H7N2.Ir/c1-2-7-24-18(4-1)12-13-26-25(24)14-15-30-29(26)23-16-21-10-8-19-5-3-6-20-9-11-22(17-23)28(21)27(19)20;1-2-4-9(5-3-1)10-6-7-11-8-12-10;/h1-7,12-16H,8-11H2;1-4,6-8H;/q2*-1;. The van der Waals surface area contributed by atoms with Crippen molar-refractivity contribution in [1.29, 1.82) is 0 Å². The summed E-state index contributed by atoms with van der Waals surface area (Å²) in [7, 11) is 0. The van der Waals surface area contributed by atoms with Gasteiger partial charge in [-0.15, -0.1) is 64.7 Å². The van der Waals surface area contributed by atoms with Gasteiger partial charge in [0.2, 0.25) is 0 Å². The Kier molecular flexibility index (Phi) is 7.40. The number of benzene rings is 5. The molecule has 0 fully saturated rings. The topological polar surface area (TPSA) is 38.7 Å². The molecule has 0 spiro atoms. The summed E-state index contributed by atoms with van der Waals surface area (Å²) in [5, 5.41) is 5.05. The Balaban J connectivity index is 0.000000195. The molecule has 2 aromatic heterocycles. The minimum absolute atomic E-state index is 0. The van der Waals surface area contributed by atoms with Crippen LogP contribution in [0.1, 0.15) is 22.3 Å². The van der Waals surface area contributed by atoms with E-state index in [0.29, 0.717) is 0 Å². The van der Waals surface area contributed by atoms with E-state index in [1.807, 2.05) is 36.5 Å². The fourth-order valence-electron chi connectivity index (χ4n) is 6.60. The van der Waals surface area contributed by atoms with Crippen LogP contribution >= 0.6 is 0 Å². The zero-order valence-corrected chi connectivity index (χ0v) is 25.9. The number of aromatic nitrogens is 3. The maximum atomic E-state index is 4.84. The molecule has 0 saturated carbocycles. The number of hydrogen-bond acceptors (Lipinski definition) is 3. The van der Waals surface area contributed by atoms with Gasteiger partial charge in [-0.1, -0.05) is 71.8 Å². The Morgan fingerprint density at radius 2 is 1.42 bits per heavy atom. The van der Waals surface area contributed by atoms with Crippen molar-refractivity contribution in [3.8, 4) is 33.6 Å². The number of hydrogen-bond donors (Lipinski definition) is 0. The first-order valence-corrected chi connectivity index (χ1v) is 14.5. The summed E-state index contributed by atoms with van der Waals surface area (Å²) in [6, 6.07) is 40.9. The summed E-state index contributed by atoms with van der Waals surface area (Å²) in [6.45, 7) is 0. The van der Waals surface area contributed by atoms with Gasteiger partial charge in [-0.2, -0.15) is 0 Å². The molecule has 3 nitrogen and oxygen atoms in total. The normalized spacial score (nSPS) is 12.6. The van der Waals surface area contributed by atoms with Crippen LogP contribution in [0.3, 0.4) is 0 Å². The largest absolute Gasteiger partial charge is 0.304 e. The first-order chi connectivity index (χ1) is 20.8. The minimum Gasteiger partial charge on any atom is -0.304 e. The molecule has 4 heteroatoms. The van der Waals surface area contributed by atoms with E-state index >= 15 is 0 Å². The molecule has 209 valence electrons. The van der Waals surface area contributed by atoms with E-state index in [1.165, 1.54) is 61.3 Å². The fourth-order valence-corrected chi connectivity index (χ4v) is 6.60. The van der Waals surface area contributed by atoms with Gasteiger partial charge in [0.1, 0.15) is 6.33 Å². The van der Waals surface area contributed by atoms with Crippen LogP contribution in [-0.2, 0) is 45.8 Å². The monoisotopic (exact) mass is 730 g/mol. The summed E-state index contributed by atoms with van der Waals surface area (Å²) in [5.74, 6) is 0. The Labute approximate surface area is 265 Å². The quantitative estimate of drug-likeness (QED) is 0.132. The Hall–Kier alpha value is -4.50.